The molecule has 0 heterocycles. The molecular formula is C62H121NO5. The molecule has 404 valence electrons. The molecule has 0 aliphatic rings. The van der Waals surface area contributed by atoms with E-state index in [2.05, 4.69) is 31.3 Å². The number of amides is 1. The zero-order valence-corrected chi connectivity index (χ0v) is 46.1. The van der Waals surface area contributed by atoms with Crippen LogP contribution >= 0.6 is 0 Å². The van der Waals surface area contributed by atoms with Crippen molar-refractivity contribution in [2.45, 2.75) is 360 Å². The molecule has 0 saturated carbocycles. The van der Waals surface area contributed by atoms with Gasteiger partial charge in [-0.15, -0.1) is 0 Å². The summed E-state index contributed by atoms with van der Waals surface area (Å²) in [6, 6.07) is -0.548. The Morgan fingerprint density at radius 3 is 1.04 bits per heavy atom. The third-order valence-electron chi connectivity index (χ3n) is 14.6. The lowest BCUT2D eigenvalue weighted by atomic mass is 10.0. The predicted molar refractivity (Wildman–Crippen MR) is 297 cm³/mol. The van der Waals surface area contributed by atoms with Gasteiger partial charge >= 0.3 is 5.97 Å². The Hall–Kier alpha value is -1.40. The summed E-state index contributed by atoms with van der Waals surface area (Å²) in [5.74, 6) is -0.0455. The fourth-order valence-corrected chi connectivity index (χ4v) is 9.81. The summed E-state index contributed by atoms with van der Waals surface area (Å²) in [6.07, 6.45) is 69.2. The van der Waals surface area contributed by atoms with Crippen molar-refractivity contribution in [3.05, 3.63) is 12.2 Å². The number of aliphatic hydroxyl groups excluding tert-OH is 2. The zero-order chi connectivity index (χ0) is 49.3. The molecule has 0 rings (SSSR count). The van der Waals surface area contributed by atoms with Crippen molar-refractivity contribution in [3.8, 4) is 0 Å². The molecule has 0 aromatic heterocycles. The van der Waals surface area contributed by atoms with Crippen molar-refractivity contribution in [2.24, 2.45) is 0 Å². The number of allylic oxidation sites excluding steroid dienone is 2. The van der Waals surface area contributed by atoms with Gasteiger partial charge in [-0.25, -0.2) is 0 Å². The lowest BCUT2D eigenvalue weighted by Gasteiger charge is -2.22. The number of unbranched alkanes of at least 4 members (excludes halogenated alkanes) is 45. The van der Waals surface area contributed by atoms with Gasteiger partial charge in [-0.3, -0.25) is 9.59 Å². The summed E-state index contributed by atoms with van der Waals surface area (Å²) in [5.41, 5.74) is 0. The Morgan fingerprint density at radius 1 is 0.397 bits per heavy atom. The Bertz CT molecular complexity index is 1020. The number of carbonyl (C=O) groups excluding carboxylic acids is 2. The maximum Gasteiger partial charge on any atom is 0.305 e. The van der Waals surface area contributed by atoms with Crippen LogP contribution < -0.4 is 5.32 Å². The minimum Gasteiger partial charge on any atom is -0.466 e. The SMILES string of the molecule is CCCCCCCCC/C=C\CCCCCCCC(=O)OCCCCCCCCCCCCCCCCCC(=O)NC(CO)C(O)CCCCCCCCCCCCCCCCCCCCCC. The molecule has 1 amide bonds. The van der Waals surface area contributed by atoms with Gasteiger partial charge in [0.1, 0.15) is 0 Å². The van der Waals surface area contributed by atoms with Gasteiger partial charge in [-0.1, -0.05) is 296 Å². The lowest BCUT2D eigenvalue weighted by molar-refractivity contribution is -0.143. The van der Waals surface area contributed by atoms with Crippen LogP contribution in [0.15, 0.2) is 12.2 Å². The third kappa shape index (κ3) is 53.9. The first-order chi connectivity index (χ1) is 33.5. The van der Waals surface area contributed by atoms with Crippen LogP contribution in [0.1, 0.15) is 348 Å². The van der Waals surface area contributed by atoms with Gasteiger partial charge in [0.05, 0.1) is 25.4 Å². The molecule has 0 bridgehead atoms. The molecule has 6 heteroatoms. The fourth-order valence-electron chi connectivity index (χ4n) is 9.81. The Balaban J connectivity index is 3.42. The number of aliphatic hydroxyl groups is 2. The van der Waals surface area contributed by atoms with Crippen LogP contribution in [-0.4, -0.2) is 47.4 Å². The summed E-state index contributed by atoms with van der Waals surface area (Å²) in [7, 11) is 0. The molecule has 3 N–H and O–H groups in total. The van der Waals surface area contributed by atoms with Gasteiger partial charge in [0, 0.05) is 12.8 Å². The van der Waals surface area contributed by atoms with Gasteiger partial charge in [0.2, 0.25) is 5.91 Å². The molecule has 0 aliphatic carbocycles. The second-order valence-corrected chi connectivity index (χ2v) is 21.4. The van der Waals surface area contributed by atoms with E-state index in [1.807, 2.05) is 0 Å². The number of hydrogen-bond donors (Lipinski definition) is 3. The lowest BCUT2D eigenvalue weighted by Crippen LogP contribution is -2.45. The maximum absolute atomic E-state index is 12.5. The second kappa shape index (κ2) is 58.2. The Morgan fingerprint density at radius 2 is 0.691 bits per heavy atom. The molecule has 0 aliphatic heterocycles. The molecule has 0 spiro atoms. The highest BCUT2D eigenvalue weighted by Gasteiger charge is 2.20. The first kappa shape index (κ1) is 66.6. The van der Waals surface area contributed by atoms with E-state index in [0.717, 1.165) is 51.4 Å². The number of hydrogen-bond acceptors (Lipinski definition) is 5. The van der Waals surface area contributed by atoms with E-state index < -0.39 is 12.1 Å². The van der Waals surface area contributed by atoms with Crippen LogP contribution in [0.25, 0.3) is 0 Å². The van der Waals surface area contributed by atoms with E-state index in [9.17, 15) is 19.8 Å². The summed E-state index contributed by atoms with van der Waals surface area (Å²) >= 11 is 0. The van der Waals surface area contributed by atoms with Gasteiger partial charge in [0.15, 0.2) is 0 Å². The molecule has 0 fully saturated rings. The van der Waals surface area contributed by atoms with E-state index in [-0.39, 0.29) is 18.5 Å². The van der Waals surface area contributed by atoms with Crippen LogP contribution in [-0.2, 0) is 14.3 Å². The van der Waals surface area contributed by atoms with E-state index in [0.29, 0.717) is 25.9 Å². The summed E-state index contributed by atoms with van der Waals surface area (Å²) < 4.78 is 5.48. The average molecular weight is 961 g/mol. The van der Waals surface area contributed by atoms with Gasteiger partial charge in [0.25, 0.3) is 0 Å². The van der Waals surface area contributed by atoms with Crippen molar-refractivity contribution in [1.82, 2.24) is 5.32 Å². The maximum atomic E-state index is 12.5. The number of nitrogens with one attached hydrogen (secondary N) is 1. The van der Waals surface area contributed by atoms with Crippen LogP contribution in [0, 0.1) is 0 Å². The molecule has 68 heavy (non-hydrogen) atoms. The molecule has 0 saturated heterocycles. The smallest absolute Gasteiger partial charge is 0.305 e. The highest BCUT2D eigenvalue weighted by Crippen LogP contribution is 2.18. The minimum atomic E-state index is -0.670. The van der Waals surface area contributed by atoms with Gasteiger partial charge in [-0.2, -0.15) is 0 Å². The van der Waals surface area contributed by atoms with Gasteiger partial charge < -0.3 is 20.3 Å². The number of rotatable bonds is 58. The number of esters is 1. The highest BCUT2D eigenvalue weighted by atomic mass is 16.5. The quantitative estimate of drug-likeness (QED) is 0.0321. The van der Waals surface area contributed by atoms with E-state index in [1.165, 1.54) is 263 Å². The molecule has 0 radical (unpaired) electrons. The van der Waals surface area contributed by atoms with Crippen LogP contribution in [0.3, 0.4) is 0 Å². The van der Waals surface area contributed by atoms with Crippen molar-refractivity contribution in [3.63, 3.8) is 0 Å². The van der Waals surface area contributed by atoms with Crippen molar-refractivity contribution in [2.75, 3.05) is 13.2 Å². The average Bonchev–Trinajstić information content (AvgIpc) is 3.34. The molecule has 6 nitrogen and oxygen atoms in total. The Kier molecular flexibility index (Phi) is 57.0. The number of ether oxygens (including phenoxy) is 1. The van der Waals surface area contributed by atoms with E-state index in [4.69, 9.17) is 4.74 Å². The van der Waals surface area contributed by atoms with E-state index >= 15 is 0 Å². The first-order valence-corrected chi connectivity index (χ1v) is 30.9. The fraction of sp³-hybridized carbons (Fsp3) is 0.935. The zero-order valence-electron chi connectivity index (χ0n) is 46.1. The molecular weight excluding hydrogens is 839 g/mol. The van der Waals surface area contributed by atoms with Crippen molar-refractivity contribution < 1.29 is 24.5 Å². The van der Waals surface area contributed by atoms with Crippen molar-refractivity contribution >= 4 is 11.9 Å². The van der Waals surface area contributed by atoms with Crippen LogP contribution in [0.4, 0.5) is 0 Å². The standard InChI is InChI=1S/C62H121NO5/c1-3-5-7-9-11-13-15-17-19-21-22-23-24-26-30-34-38-42-46-50-54-60(65)59(58-64)63-61(66)55-51-47-43-39-35-31-27-25-29-33-37-41-45-49-53-57-68-62(67)56-52-48-44-40-36-32-28-20-18-16-14-12-10-8-6-4-2/h20,28,59-60,64-65H,3-19,21-27,29-58H2,1-2H3,(H,63,66)/b28-20-. The Labute approximate surface area is 425 Å². The number of carbonyl (C=O) groups is 2. The molecule has 0 aromatic carbocycles. The summed E-state index contributed by atoms with van der Waals surface area (Å²) in [5, 5.41) is 23.4. The van der Waals surface area contributed by atoms with Crippen LogP contribution in [0.5, 0.6) is 0 Å². The molecule has 0 aromatic rings. The topological polar surface area (TPSA) is 95.9 Å². The van der Waals surface area contributed by atoms with Crippen molar-refractivity contribution in [1.29, 1.82) is 0 Å². The third-order valence-corrected chi connectivity index (χ3v) is 14.6. The van der Waals surface area contributed by atoms with Gasteiger partial charge in [-0.05, 0) is 51.4 Å². The highest BCUT2D eigenvalue weighted by molar-refractivity contribution is 5.76. The summed E-state index contributed by atoms with van der Waals surface area (Å²) in [6.45, 7) is 4.96. The van der Waals surface area contributed by atoms with E-state index in [1.54, 1.807) is 0 Å². The molecule has 2 unspecified atom stereocenters. The summed E-state index contributed by atoms with van der Waals surface area (Å²) in [4.78, 5) is 24.6. The first-order valence-electron chi connectivity index (χ1n) is 30.9. The minimum absolute atomic E-state index is 0.00555. The largest absolute Gasteiger partial charge is 0.466 e. The monoisotopic (exact) mass is 960 g/mol. The van der Waals surface area contributed by atoms with Crippen LogP contribution in [0.2, 0.25) is 0 Å². The molecule has 2 atom stereocenters. The second-order valence-electron chi connectivity index (χ2n) is 21.4. The normalized spacial score (nSPS) is 12.6. The predicted octanol–water partition coefficient (Wildman–Crippen LogP) is 19.2.